The van der Waals surface area contributed by atoms with Gasteiger partial charge in [0.2, 0.25) is 0 Å². The molecule has 5 heteroatoms. The lowest BCUT2D eigenvalue weighted by atomic mass is 10.0. The normalized spacial score (nSPS) is 14.1. The van der Waals surface area contributed by atoms with Gasteiger partial charge in [-0.15, -0.1) is 0 Å². The highest BCUT2D eigenvalue weighted by Gasteiger charge is 2.19. The van der Waals surface area contributed by atoms with E-state index in [1.807, 2.05) is 29.8 Å². The predicted molar refractivity (Wildman–Crippen MR) is 103 cm³/mol. The monoisotopic (exact) mass is 369 g/mol. The number of hydrogen-bond acceptors (Lipinski definition) is 2. The van der Waals surface area contributed by atoms with E-state index in [0.717, 1.165) is 43.0 Å². The minimum Gasteiger partial charge on any atom is -0.316 e. The van der Waals surface area contributed by atoms with Crippen LogP contribution in [0.1, 0.15) is 28.1 Å². The van der Waals surface area contributed by atoms with E-state index in [4.69, 9.17) is 16.7 Å². The van der Waals surface area contributed by atoms with E-state index >= 15 is 0 Å². The molecular formula is C21H21ClFN3. The van der Waals surface area contributed by atoms with Gasteiger partial charge >= 0.3 is 0 Å². The van der Waals surface area contributed by atoms with Gasteiger partial charge in [0.1, 0.15) is 5.82 Å². The Morgan fingerprint density at radius 3 is 2.81 bits per heavy atom. The molecule has 134 valence electrons. The van der Waals surface area contributed by atoms with Crippen LogP contribution >= 0.6 is 11.6 Å². The number of aryl methyl sites for hydroxylation is 1. The summed E-state index contributed by atoms with van der Waals surface area (Å²) in [7, 11) is 0. The van der Waals surface area contributed by atoms with Gasteiger partial charge in [-0.05, 0) is 67.7 Å². The molecular weight excluding hydrogens is 349 g/mol. The molecule has 0 spiro atoms. The molecule has 3 nitrogen and oxygen atoms in total. The maximum absolute atomic E-state index is 14.0. The fourth-order valence-electron chi connectivity index (χ4n) is 3.64. The molecule has 3 aromatic rings. The Labute approximate surface area is 157 Å². The summed E-state index contributed by atoms with van der Waals surface area (Å²) < 4.78 is 15.9. The molecule has 1 N–H and O–H groups in total. The molecule has 0 amide bonds. The fraction of sp³-hybridized carbons (Fsp3) is 0.286. The summed E-state index contributed by atoms with van der Waals surface area (Å²) in [5, 5.41) is 8.90. The van der Waals surface area contributed by atoms with Gasteiger partial charge in [-0.25, -0.2) is 9.07 Å². The third-order valence-corrected chi connectivity index (χ3v) is 5.24. The maximum atomic E-state index is 14.0. The summed E-state index contributed by atoms with van der Waals surface area (Å²) in [5.74, 6) is -0.197. The van der Waals surface area contributed by atoms with Crippen LogP contribution in [0.15, 0.2) is 42.5 Å². The van der Waals surface area contributed by atoms with Crippen LogP contribution in [-0.4, -0.2) is 22.9 Å². The van der Waals surface area contributed by atoms with Crippen LogP contribution in [0.2, 0.25) is 5.02 Å². The van der Waals surface area contributed by atoms with Crippen LogP contribution in [0.4, 0.5) is 4.39 Å². The SMILES string of the molecule is Cc1cc(Cc2ccccc2F)nn1-c1c(Cl)ccc2c1CCNCC2. The molecule has 1 aromatic heterocycles. The van der Waals surface area contributed by atoms with Gasteiger partial charge in [0.25, 0.3) is 0 Å². The van der Waals surface area contributed by atoms with Crippen molar-refractivity contribution in [1.82, 2.24) is 15.1 Å². The van der Waals surface area contributed by atoms with Crippen molar-refractivity contribution in [1.29, 1.82) is 0 Å². The molecule has 1 aliphatic heterocycles. The number of fused-ring (bicyclic) bond motifs is 1. The molecule has 2 aromatic carbocycles. The smallest absolute Gasteiger partial charge is 0.126 e. The third-order valence-electron chi connectivity index (χ3n) is 4.93. The zero-order valence-corrected chi connectivity index (χ0v) is 15.5. The van der Waals surface area contributed by atoms with Crippen LogP contribution in [0.25, 0.3) is 5.69 Å². The Balaban J connectivity index is 1.76. The minimum atomic E-state index is -0.197. The van der Waals surface area contributed by atoms with Gasteiger partial charge in [0, 0.05) is 12.1 Å². The first-order valence-electron chi connectivity index (χ1n) is 8.94. The van der Waals surface area contributed by atoms with Gasteiger partial charge in [0.05, 0.1) is 16.4 Å². The van der Waals surface area contributed by atoms with Crippen LogP contribution in [0.5, 0.6) is 0 Å². The van der Waals surface area contributed by atoms with Crippen molar-refractivity contribution >= 4 is 11.6 Å². The average Bonchev–Trinajstić information content (AvgIpc) is 2.83. The number of benzene rings is 2. The molecule has 0 radical (unpaired) electrons. The van der Waals surface area contributed by atoms with Gasteiger partial charge < -0.3 is 5.32 Å². The standard InChI is InChI=1S/C21H21ClFN3/c1-14-12-17(13-16-4-2-3-5-20(16)23)25-26(14)21-18-9-11-24-10-8-15(18)6-7-19(21)22/h2-7,12,24H,8-11,13H2,1H3. The molecule has 0 saturated heterocycles. The first kappa shape index (κ1) is 17.3. The Morgan fingerprint density at radius 2 is 1.96 bits per heavy atom. The number of nitrogens with one attached hydrogen (secondary N) is 1. The largest absolute Gasteiger partial charge is 0.316 e. The highest BCUT2D eigenvalue weighted by atomic mass is 35.5. The van der Waals surface area contributed by atoms with Gasteiger partial charge in [-0.2, -0.15) is 5.10 Å². The summed E-state index contributed by atoms with van der Waals surface area (Å²) in [6.07, 6.45) is 2.38. The second kappa shape index (κ2) is 7.22. The summed E-state index contributed by atoms with van der Waals surface area (Å²) in [5.41, 5.74) is 6.03. The quantitative estimate of drug-likeness (QED) is 0.747. The van der Waals surface area contributed by atoms with Gasteiger partial charge in [-0.3, -0.25) is 0 Å². The van der Waals surface area contributed by atoms with E-state index in [1.54, 1.807) is 12.1 Å². The van der Waals surface area contributed by atoms with Crippen molar-refractivity contribution in [3.8, 4) is 5.69 Å². The maximum Gasteiger partial charge on any atom is 0.126 e. The first-order valence-corrected chi connectivity index (χ1v) is 9.31. The topological polar surface area (TPSA) is 29.9 Å². The predicted octanol–water partition coefficient (Wildman–Crippen LogP) is 4.25. The Kier molecular flexibility index (Phi) is 4.79. The lowest BCUT2D eigenvalue weighted by Crippen LogP contribution is -2.16. The zero-order chi connectivity index (χ0) is 18.1. The zero-order valence-electron chi connectivity index (χ0n) is 14.7. The fourth-order valence-corrected chi connectivity index (χ4v) is 3.90. The first-order chi connectivity index (χ1) is 12.6. The summed E-state index contributed by atoms with van der Waals surface area (Å²) in [6.45, 7) is 3.93. The van der Waals surface area contributed by atoms with Crippen LogP contribution in [-0.2, 0) is 19.3 Å². The molecule has 0 atom stereocenters. The Morgan fingerprint density at radius 1 is 1.15 bits per heavy atom. The highest BCUT2D eigenvalue weighted by Crippen LogP contribution is 2.30. The van der Waals surface area contributed by atoms with Crippen molar-refractivity contribution in [2.24, 2.45) is 0 Å². The van der Waals surface area contributed by atoms with Crippen LogP contribution in [0.3, 0.4) is 0 Å². The van der Waals surface area contributed by atoms with E-state index in [9.17, 15) is 4.39 Å². The van der Waals surface area contributed by atoms with E-state index < -0.39 is 0 Å². The summed E-state index contributed by atoms with van der Waals surface area (Å²) >= 11 is 6.57. The number of nitrogens with zero attached hydrogens (tertiary/aromatic N) is 2. The van der Waals surface area contributed by atoms with Crippen LogP contribution in [0, 0.1) is 12.7 Å². The van der Waals surface area contributed by atoms with E-state index in [2.05, 4.69) is 11.4 Å². The lowest BCUT2D eigenvalue weighted by Gasteiger charge is -2.15. The second-order valence-corrected chi connectivity index (χ2v) is 7.15. The minimum absolute atomic E-state index is 0.197. The van der Waals surface area contributed by atoms with Crippen molar-refractivity contribution in [2.75, 3.05) is 13.1 Å². The van der Waals surface area contributed by atoms with Crippen LogP contribution < -0.4 is 5.32 Å². The Bertz CT molecular complexity index is 948. The molecule has 26 heavy (non-hydrogen) atoms. The summed E-state index contributed by atoms with van der Waals surface area (Å²) in [4.78, 5) is 0. The van der Waals surface area contributed by atoms with Crippen molar-refractivity contribution in [3.05, 3.63) is 81.4 Å². The summed E-state index contributed by atoms with van der Waals surface area (Å²) in [6, 6.07) is 12.9. The van der Waals surface area contributed by atoms with E-state index in [-0.39, 0.29) is 5.82 Å². The number of hydrogen-bond donors (Lipinski definition) is 1. The van der Waals surface area contributed by atoms with Crippen molar-refractivity contribution in [3.63, 3.8) is 0 Å². The number of aromatic nitrogens is 2. The van der Waals surface area contributed by atoms with Crippen molar-refractivity contribution in [2.45, 2.75) is 26.2 Å². The second-order valence-electron chi connectivity index (χ2n) is 6.74. The van der Waals surface area contributed by atoms with Gasteiger partial charge in [-0.1, -0.05) is 35.9 Å². The van der Waals surface area contributed by atoms with E-state index in [1.165, 1.54) is 17.2 Å². The number of halogens is 2. The van der Waals surface area contributed by atoms with Crippen molar-refractivity contribution < 1.29 is 4.39 Å². The van der Waals surface area contributed by atoms with E-state index in [0.29, 0.717) is 17.0 Å². The van der Waals surface area contributed by atoms with Gasteiger partial charge in [0.15, 0.2) is 0 Å². The number of rotatable bonds is 3. The molecule has 0 fully saturated rings. The molecule has 0 unspecified atom stereocenters. The lowest BCUT2D eigenvalue weighted by molar-refractivity contribution is 0.612. The molecule has 0 aliphatic carbocycles. The third kappa shape index (κ3) is 3.27. The Hall–Kier alpha value is -2.17. The highest BCUT2D eigenvalue weighted by molar-refractivity contribution is 6.32. The molecule has 2 heterocycles. The molecule has 0 bridgehead atoms. The molecule has 0 saturated carbocycles. The average molecular weight is 370 g/mol. The molecule has 4 rings (SSSR count). The molecule has 1 aliphatic rings.